The average molecular weight is 237 g/mol. The molecule has 2 atom stereocenters. The zero-order valence-corrected chi connectivity index (χ0v) is 10.3. The molecular weight excluding hydrogens is 218 g/mol. The summed E-state index contributed by atoms with van der Waals surface area (Å²) >= 11 is 0. The maximum absolute atomic E-state index is 12.3. The highest BCUT2D eigenvalue weighted by Crippen LogP contribution is 2.21. The maximum atomic E-state index is 12.3. The van der Waals surface area contributed by atoms with Crippen LogP contribution in [0.5, 0.6) is 0 Å². The van der Waals surface area contributed by atoms with Crippen molar-refractivity contribution in [3.05, 3.63) is 17.5 Å². The van der Waals surface area contributed by atoms with E-state index in [9.17, 15) is 4.79 Å². The number of carbonyl (C=O) groups is 1. The number of nitrogens with two attached hydrogens (primary N) is 1. The van der Waals surface area contributed by atoms with Crippen LogP contribution in [0.25, 0.3) is 0 Å². The number of likely N-dealkylation sites (tertiary alicyclic amines) is 1. The molecular formula is C12H19N3O2. The minimum Gasteiger partial charge on any atom is -0.351 e. The van der Waals surface area contributed by atoms with Crippen molar-refractivity contribution in [1.82, 2.24) is 10.1 Å². The van der Waals surface area contributed by atoms with Crippen LogP contribution >= 0.6 is 0 Å². The van der Waals surface area contributed by atoms with Gasteiger partial charge in [-0.15, -0.1) is 0 Å². The van der Waals surface area contributed by atoms with Gasteiger partial charge >= 0.3 is 0 Å². The van der Waals surface area contributed by atoms with Gasteiger partial charge in [0.25, 0.3) is 5.91 Å². The molecule has 1 fully saturated rings. The number of aromatic nitrogens is 1. The topological polar surface area (TPSA) is 72.4 Å². The molecule has 1 amide bonds. The minimum atomic E-state index is -0.0902. The molecule has 2 rings (SSSR count). The lowest BCUT2D eigenvalue weighted by Crippen LogP contribution is -2.51. The lowest BCUT2D eigenvalue weighted by Gasteiger charge is -2.37. The summed E-state index contributed by atoms with van der Waals surface area (Å²) in [4.78, 5) is 14.1. The smallest absolute Gasteiger partial charge is 0.292 e. The fraction of sp³-hybridized carbons (Fsp3) is 0.667. The largest absolute Gasteiger partial charge is 0.351 e. The Morgan fingerprint density at radius 3 is 3.00 bits per heavy atom. The minimum absolute atomic E-state index is 0.0109. The van der Waals surface area contributed by atoms with Gasteiger partial charge in [-0.05, 0) is 33.1 Å². The molecule has 1 saturated heterocycles. The lowest BCUT2D eigenvalue weighted by molar-refractivity contribution is 0.0542. The van der Waals surface area contributed by atoms with Gasteiger partial charge in [0.1, 0.15) is 0 Å². The molecule has 94 valence electrons. The third-order valence-corrected chi connectivity index (χ3v) is 3.26. The molecule has 17 heavy (non-hydrogen) atoms. The van der Waals surface area contributed by atoms with E-state index in [1.807, 2.05) is 11.8 Å². The van der Waals surface area contributed by atoms with E-state index in [1.54, 1.807) is 13.0 Å². The first-order valence-corrected chi connectivity index (χ1v) is 6.09. The number of aryl methyl sites for hydroxylation is 1. The molecule has 0 aliphatic carbocycles. The van der Waals surface area contributed by atoms with Gasteiger partial charge in [-0.2, -0.15) is 0 Å². The Kier molecular flexibility index (Phi) is 3.47. The van der Waals surface area contributed by atoms with Crippen LogP contribution in [0.1, 0.15) is 42.4 Å². The summed E-state index contributed by atoms with van der Waals surface area (Å²) in [6.07, 6.45) is 3.13. The van der Waals surface area contributed by atoms with E-state index in [-0.39, 0.29) is 18.0 Å². The molecule has 2 heterocycles. The van der Waals surface area contributed by atoms with Crippen molar-refractivity contribution in [2.75, 3.05) is 6.54 Å². The van der Waals surface area contributed by atoms with Crippen LogP contribution in [0.4, 0.5) is 0 Å². The van der Waals surface area contributed by atoms with E-state index in [0.717, 1.165) is 31.5 Å². The normalized spacial score (nSPS) is 22.5. The summed E-state index contributed by atoms with van der Waals surface area (Å²) in [5, 5.41) is 3.75. The van der Waals surface area contributed by atoms with Crippen LogP contribution in [0.3, 0.4) is 0 Å². The van der Waals surface area contributed by atoms with Gasteiger partial charge < -0.3 is 15.2 Å². The van der Waals surface area contributed by atoms with E-state index in [2.05, 4.69) is 5.16 Å². The third kappa shape index (κ3) is 2.49. The second kappa shape index (κ2) is 4.87. The van der Waals surface area contributed by atoms with Crippen LogP contribution in [0.2, 0.25) is 0 Å². The Morgan fingerprint density at radius 1 is 1.65 bits per heavy atom. The summed E-state index contributed by atoms with van der Waals surface area (Å²) in [5.41, 5.74) is 6.66. The number of piperidine rings is 1. The van der Waals surface area contributed by atoms with Crippen molar-refractivity contribution < 1.29 is 9.32 Å². The van der Waals surface area contributed by atoms with Gasteiger partial charge in [-0.25, -0.2) is 0 Å². The molecule has 2 unspecified atom stereocenters. The number of nitrogens with zero attached hydrogens (tertiary/aromatic N) is 2. The van der Waals surface area contributed by atoms with Gasteiger partial charge in [0.15, 0.2) is 0 Å². The van der Waals surface area contributed by atoms with Crippen molar-refractivity contribution in [2.45, 2.75) is 45.2 Å². The summed E-state index contributed by atoms with van der Waals surface area (Å²) in [5.74, 6) is 0.225. The fourth-order valence-corrected chi connectivity index (χ4v) is 2.36. The van der Waals surface area contributed by atoms with Crippen molar-refractivity contribution in [3.8, 4) is 0 Å². The Balaban J connectivity index is 2.16. The van der Waals surface area contributed by atoms with Crippen molar-refractivity contribution >= 4 is 5.91 Å². The molecule has 2 N–H and O–H groups in total. The van der Waals surface area contributed by atoms with E-state index >= 15 is 0 Å². The fourth-order valence-electron chi connectivity index (χ4n) is 2.36. The average Bonchev–Trinajstić information content (AvgIpc) is 2.75. The zero-order valence-electron chi connectivity index (χ0n) is 10.3. The Labute approximate surface area is 101 Å². The first kappa shape index (κ1) is 12.1. The van der Waals surface area contributed by atoms with Crippen LogP contribution in [0, 0.1) is 6.92 Å². The van der Waals surface area contributed by atoms with Gasteiger partial charge in [-0.3, -0.25) is 4.79 Å². The first-order chi connectivity index (χ1) is 8.09. The number of hydrogen-bond acceptors (Lipinski definition) is 4. The number of hydrogen-bond donors (Lipinski definition) is 1. The van der Waals surface area contributed by atoms with Crippen molar-refractivity contribution in [1.29, 1.82) is 0 Å². The highest BCUT2D eigenvalue weighted by Gasteiger charge is 2.31. The zero-order chi connectivity index (χ0) is 12.4. The van der Waals surface area contributed by atoms with Gasteiger partial charge in [-0.1, -0.05) is 5.16 Å². The predicted octanol–water partition coefficient (Wildman–Crippen LogP) is 1.32. The van der Waals surface area contributed by atoms with E-state index < -0.39 is 0 Å². The van der Waals surface area contributed by atoms with Crippen molar-refractivity contribution in [2.24, 2.45) is 5.73 Å². The van der Waals surface area contributed by atoms with Gasteiger partial charge in [0.2, 0.25) is 5.76 Å². The number of carbonyl (C=O) groups excluding carboxylic acids is 1. The highest BCUT2D eigenvalue weighted by molar-refractivity contribution is 5.91. The van der Waals surface area contributed by atoms with Gasteiger partial charge in [0, 0.05) is 24.7 Å². The molecule has 1 aliphatic rings. The van der Waals surface area contributed by atoms with E-state index in [4.69, 9.17) is 10.3 Å². The van der Waals surface area contributed by atoms with Gasteiger partial charge in [0.05, 0.1) is 5.69 Å². The summed E-state index contributed by atoms with van der Waals surface area (Å²) in [6.45, 7) is 4.51. The second-order valence-electron chi connectivity index (χ2n) is 4.75. The molecule has 5 heteroatoms. The molecule has 1 aromatic heterocycles. The number of amides is 1. The predicted molar refractivity (Wildman–Crippen MR) is 63.6 cm³/mol. The van der Waals surface area contributed by atoms with Crippen LogP contribution < -0.4 is 5.73 Å². The molecule has 1 aromatic rings. The molecule has 1 aliphatic heterocycles. The lowest BCUT2D eigenvalue weighted by atomic mass is 9.96. The maximum Gasteiger partial charge on any atom is 0.292 e. The number of rotatable bonds is 2. The highest BCUT2D eigenvalue weighted by atomic mass is 16.5. The molecule has 0 saturated carbocycles. The van der Waals surface area contributed by atoms with E-state index in [0.29, 0.717) is 5.76 Å². The molecule has 0 spiro atoms. The molecule has 0 radical (unpaired) electrons. The van der Waals surface area contributed by atoms with Crippen LogP contribution in [-0.2, 0) is 0 Å². The quantitative estimate of drug-likeness (QED) is 0.842. The SMILES string of the molecule is Cc1cc(C(=O)N2CCCCC2C(C)N)on1. The summed E-state index contributed by atoms with van der Waals surface area (Å²) in [6, 6.07) is 1.78. The monoisotopic (exact) mass is 237 g/mol. The van der Waals surface area contributed by atoms with Crippen LogP contribution in [0.15, 0.2) is 10.6 Å². The Hall–Kier alpha value is -1.36. The molecule has 0 bridgehead atoms. The third-order valence-electron chi connectivity index (χ3n) is 3.26. The summed E-state index contributed by atoms with van der Waals surface area (Å²) < 4.78 is 5.03. The van der Waals surface area contributed by atoms with Crippen LogP contribution in [-0.4, -0.2) is 34.6 Å². The first-order valence-electron chi connectivity index (χ1n) is 6.09. The summed E-state index contributed by atoms with van der Waals surface area (Å²) in [7, 11) is 0. The molecule has 5 nitrogen and oxygen atoms in total. The van der Waals surface area contributed by atoms with Crippen molar-refractivity contribution in [3.63, 3.8) is 0 Å². The Bertz CT molecular complexity index is 400. The Morgan fingerprint density at radius 2 is 2.41 bits per heavy atom. The second-order valence-corrected chi connectivity index (χ2v) is 4.75. The molecule has 0 aromatic carbocycles. The standard InChI is InChI=1S/C12H19N3O2/c1-8-7-11(17-14-8)12(16)15-6-4-3-5-10(15)9(2)13/h7,9-10H,3-6,13H2,1-2H3. The van der Waals surface area contributed by atoms with E-state index in [1.165, 1.54) is 0 Å².